The fraction of sp³-hybridized carbons (Fsp3) is 0.688. The maximum absolute atomic E-state index is 12.0. The molecule has 0 aromatic carbocycles. The molecule has 1 aromatic heterocycles. The van der Waals surface area contributed by atoms with E-state index in [-0.39, 0.29) is 5.91 Å². The first-order chi connectivity index (χ1) is 9.81. The molecule has 0 aliphatic heterocycles. The Kier molecular flexibility index (Phi) is 6.12. The second-order valence-electron chi connectivity index (χ2n) is 5.58. The summed E-state index contributed by atoms with van der Waals surface area (Å²) in [5, 5.41) is 6.56. The summed E-state index contributed by atoms with van der Waals surface area (Å²) in [5.74, 6) is 0.0273. The monoisotopic (exact) mass is 277 g/mol. The fourth-order valence-corrected chi connectivity index (χ4v) is 2.92. The number of carbonyl (C=O) groups is 1. The van der Waals surface area contributed by atoms with Crippen molar-refractivity contribution in [3.8, 4) is 0 Å². The van der Waals surface area contributed by atoms with Crippen molar-refractivity contribution in [1.29, 1.82) is 0 Å². The van der Waals surface area contributed by atoms with E-state index in [0.29, 0.717) is 12.6 Å². The van der Waals surface area contributed by atoms with E-state index in [0.717, 1.165) is 18.8 Å². The minimum atomic E-state index is 0.0273. The highest BCUT2D eigenvalue weighted by atomic mass is 16.1. The van der Waals surface area contributed by atoms with Crippen molar-refractivity contribution < 1.29 is 4.79 Å². The molecule has 1 aromatic rings. The molecular formula is C16H27N3O. The minimum absolute atomic E-state index is 0.0273. The van der Waals surface area contributed by atoms with E-state index >= 15 is 0 Å². The van der Waals surface area contributed by atoms with E-state index in [1.54, 1.807) is 0 Å². The Balaban J connectivity index is 1.66. The molecule has 1 fully saturated rings. The smallest absolute Gasteiger partial charge is 0.267 e. The van der Waals surface area contributed by atoms with Gasteiger partial charge < -0.3 is 15.2 Å². The Bertz CT molecular complexity index is 406. The SMILES string of the molecule is CCn1cccc1C(=O)NCCNC1CCCCCC1. The van der Waals surface area contributed by atoms with Crippen LogP contribution >= 0.6 is 0 Å². The van der Waals surface area contributed by atoms with E-state index < -0.39 is 0 Å². The van der Waals surface area contributed by atoms with Gasteiger partial charge in [-0.05, 0) is 31.9 Å². The van der Waals surface area contributed by atoms with Crippen molar-refractivity contribution in [2.75, 3.05) is 13.1 Å². The van der Waals surface area contributed by atoms with Gasteiger partial charge in [-0.2, -0.15) is 0 Å². The van der Waals surface area contributed by atoms with Crippen LogP contribution in [-0.2, 0) is 6.54 Å². The first-order valence-corrected chi connectivity index (χ1v) is 7.98. The summed E-state index contributed by atoms with van der Waals surface area (Å²) >= 11 is 0. The molecule has 0 unspecified atom stereocenters. The van der Waals surface area contributed by atoms with Crippen LogP contribution < -0.4 is 10.6 Å². The van der Waals surface area contributed by atoms with Crippen molar-refractivity contribution in [1.82, 2.24) is 15.2 Å². The molecular weight excluding hydrogens is 250 g/mol. The summed E-state index contributed by atoms with van der Waals surface area (Å²) in [4.78, 5) is 12.0. The number of rotatable bonds is 6. The number of nitrogens with zero attached hydrogens (tertiary/aromatic N) is 1. The molecule has 0 atom stereocenters. The summed E-state index contributed by atoms with van der Waals surface area (Å²) < 4.78 is 1.97. The van der Waals surface area contributed by atoms with Crippen LogP contribution in [0.4, 0.5) is 0 Å². The average molecular weight is 277 g/mol. The van der Waals surface area contributed by atoms with Gasteiger partial charge in [0.15, 0.2) is 0 Å². The zero-order valence-electron chi connectivity index (χ0n) is 12.5. The second kappa shape index (κ2) is 8.10. The van der Waals surface area contributed by atoms with Crippen molar-refractivity contribution in [3.63, 3.8) is 0 Å². The first kappa shape index (κ1) is 15.1. The third kappa shape index (κ3) is 4.37. The molecule has 0 radical (unpaired) electrons. The third-order valence-electron chi connectivity index (χ3n) is 4.10. The Morgan fingerprint density at radius 2 is 2.00 bits per heavy atom. The average Bonchev–Trinajstić information content (AvgIpc) is 2.80. The largest absolute Gasteiger partial charge is 0.349 e. The molecule has 1 saturated carbocycles. The van der Waals surface area contributed by atoms with Crippen LogP contribution in [0, 0.1) is 0 Å². The molecule has 1 amide bonds. The Hall–Kier alpha value is -1.29. The van der Waals surface area contributed by atoms with E-state index in [1.807, 2.05) is 29.8 Å². The molecule has 20 heavy (non-hydrogen) atoms. The number of hydrogen-bond acceptors (Lipinski definition) is 2. The summed E-state index contributed by atoms with van der Waals surface area (Å²) in [6.07, 6.45) is 9.95. The maximum atomic E-state index is 12.0. The van der Waals surface area contributed by atoms with Crippen LogP contribution in [0.5, 0.6) is 0 Å². The number of aromatic nitrogens is 1. The molecule has 0 bridgehead atoms. The summed E-state index contributed by atoms with van der Waals surface area (Å²) in [5.41, 5.74) is 0.752. The van der Waals surface area contributed by atoms with Gasteiger partial charge in [0.1, 0.15) is 5.69 Å². The molecule has 1 aliphatic carbocycles. The number of amides is 1. The molecule has 4 heteroatoms. The van der Waals surface area contributed by atoms with Crippen molar-refractivity contribution in [2.24, 2.45) is 0 Å². The quantitative estimate of drug-likeness (QED) is 0.620. The summed E-state index contributed by atoms with van der Waals surface area (Å²) in [6.45, 7) is 4.44. The Morgan fingerprint density at radius 3 is 2.70 bits per heavy atom. The fourth-order valence-electron chi connectivity index (χ4n) is 2.92. The standard InChI is InChI=1S/C16H27N3O/c1-2-19-13-7-10-15(19)16(20)18-12-11-17-14-8-5-3-4-6-9-14/h7,10,13-14,17H,2-6,8-9,11-12H2,1H3,(H,18,20). The van der Waals surface area contributed by atoms with Crippen molar-refractivity contribution >= 4 is 5.91 Å². The lowest BCUT2D eigenvalue weighted by Gasteiger charge is -2.16. The van der Waals surface area contributed by atoms with Gasteiger partial charge in [-0.25, -0.2) is 0 Å². The molecule has 2 rings (SSSR count). The zero-order valence-corrected chi connectivity index (χ0v) is 12.5. The Labute approximate surface area is 121 Å². The number of nitrogens with one attached hydrogen (secondary N) is 2. The molecule has 1 heterocycles. The molecule has 2 N–H and O–H groups in total. The van der Waals surface area contributed by atoms with Gasteiger partial charge in [0, 0.05) is 31.9 Å². The Morgan fingerprint density at radius 1 is 1.25 bits per heavy atom. The van der Waals surface area contributed by atoms with E-state index in [1.165, 1.54) is 38.5 Å². The number of aryl methyl sites for hydroxylation is 1. The van der Waals surface area contributed by atoms with Crippen LogP contribution in [0.3, 0.4) is 0 Å². The van der Waals surface area contributed by atoms with E-state index in [2.05, 4.69) is 10.6 Å². The lowest BCUT2D eigenvalue weighted by molar-refractivity contribution is 0.0944. The lowest BCUT2D eigenvalue weighted by atomic mass is 10.1. The zero-order chi connectivity index (χ0) is 14.2. The van der Waals surface area contributed by atoms with Gasteiger partial charge in [0.2, 0.25) is 0 Å². The van der Waals surface area contributed by atoms with Gasteiger partial charge in [-0.15, -0.1) is 0 Å². The van der Waals surface area contributed by atoms with Crippen LogP contribution in [0.2, 0.25) is 0 Å². The summed E-state index contributed by atoms with van der Waals surface area (Å²) in [6, 6.07) is 4.44. The topological polar surface area (TPSA) is 46.1 Å². The maximum Gasteiger partial charge on any atom is 0.267 e. The number of hydrogen-bond donors (Lipinski definition) is 2. The third-order valence-corrected chi connectivity index (χ3v) is 4.10. The highest BCUT2D eigenvalue weighted by Gasteiger charge is 2.12. The van der Waals surface area contributed by atoms with E-state index in [4.69, 9.17) is 0 Å². The highest BCUT2D eigenvalue weighted by molar-refractivity contribution is 5.92. The number of carbonyl (C=O) groups excluding carboxylic acids is 1. The van der Waals surface area contributed by atoms with Crippen molar-refractivity contribution in [2.45, 2.75) is 58.0 Å². The normalized spacial score (nSPS) is 16.9. The molecule has 0 saturated heterocycles. The predicted molar refractivity (Wildman–Crippen MR) is 81.9 cm³/mol. The van der Waals surface area contributed by atoms with Crippen LogP contribution in [0.25, 0.3) is 0 Å². The van der Waals surface area contributed by atoms with Gasteiger partial charge >= 0.3 is 0 Å². The van der Waals surface area contributed by atoms with Crippen LogP contribution in [0.1, 0.15) is 55.9 Å². The molecule has 4 nitrogen and oxygen atoms in total. The van der Waals surface area contributed by atoms with Crippen LogP contribution in [0.15, 0.2) is 18.3 Å². The molecule has 0 spiro atoms. The second-order valence-corrected chi connectivity index (χ2v) is 5.58. The highest BCUT2D eigenvalue weighted by Crippen LogP contribution is 2.16. The molecule has 1 aliphatic rings. The van der Waals surface area contributed by atoms with Gasteiger partial charge in [0.05, 0.1) is 0 Å². The van der Waals surface area contributed by atoms with Gasteiger partial charge in [-0.3, -0.25) is 4.79 Å². The molecule has 112 valence electrons. The van der Waals surface area contributed by atoms with Crippen LogP contribution in [-0.4, -0.2) is 29.6 Å². The first-order valence-electron chi connectivity index (χ1n) is 7.98. The lowest BCUT2D eigenvalue weighted by Crippen LogP contribution is -2.37. The van der Waals surface area contributed by atoms with E-state index in [9.17, 15) is 4.79 Å². The van der Waals surface area contributed by atoms with Crippen molar-refractivity contribution in [3.05, 3.63) is 24.0 Å². The predicted octanol–water partition coefficient (Wildman–Crippen LogP) is 2.55. The van der Waals surface area contributed by atoms with Gasteiger partial charge in [0.25, 0.3) is 5.91 Å². The minimum Gasteiger partial charge on any atom is -0.349 e. The van der Waals surface area contributed by atoms with Gasteiger partial charge in [-0.1, -0.05) is 25.7 Å². The summed E-state index contributed by atoms with van der Waals surface area (Å²) in [7, 11) is 0.